The van der Waals surface area contributed by atoms with Crippen LogP contribution in [0.5, 0.6) is 0 Å². The SMILES string of the molecule is CNCCCCCN(C)Cc1ccccc1. The molecule has 0 heterocycles. The first-order valence-corrected chi connectivity index (χ1v) is 6.20. The molecule has 1 aromatic carbocycles. The minimum Gasteiger partial charge on any atom is -0.320 e. The molecule has 0 aliphatic rings. The third-order valence-corrected chi connectivity index (χ3v) is 2.76. The average molecular weight is 220 g/mol. The van der Waals surface area contributed by atoms with E-state index in [4.69, 9.17) is 0 Å². The van der Waals surface area contributed by atoms with Crippen LogP contribution in [0.15, 0.2) is 30.3 Å². The lowest BCUT2D eigenvalue weighted by atomic mass is 10.2. The van der Waals surface area contributed by atoms with Crippen molar-refractivity contribution in [3.63, 3.8) is 0 Å². The van der Waals surface area contributed by atoms with Crippen molar-refractivity contribution < 1.29 is 0 Å². The fraction of sp³-hybridized carbons (Fsp3) is 0.571. The van der Waals surface area contributed by atoms with Crippen LogP contribution in [-0.4, -0.2) is 32.1 Å². The molecule has 2 heteroatoms. The van der Waals surface area contributed by atoms with E-state index in [1.165, 1.54) is 31.4 Å². The van der Waals surface area contributed by atoms with Gasteiger partial charge < -0.3 is 10.2 Å². The summed E-state index contributed by atoms with van der Waals surface area (Å²) < 4.78 is 0. The largest absolute Gasteiger partial charge is 0.320 e. The van der Waals surface area contributed by atoms with Crippen molar-refractivity contribution in [2.24, 2.45) is 0 Å². The lowest BCUT2D eigenvalue weighted by Gasteiger charge is -2.16. The molecule has 0 atom stereocenters. The summed E-state index contributed by atoms with van der Waals surface area (Å²) in [5.41, 5.74) is 1.40. The van der Waals surface area contributed by atoms with Crippen molar-refractivity contribution in [1.29, 1.82) is 0 Å². The molecular formula is C14H24N2. The highest BCUT2D eigenvalue weighted by Crippen LogP contribution is 2.04. The van der Waals surface area contributed by atoms with Gasteiger partial charge in [0.2, 0.25) is 0 Å². The van der Waals surface area contributed by atoms with Gasteiger partial charge in [0.1, 0.15) is 0 Å². The Balaban J connectivity index is 2.09. The summed E-state index contributed by atoms with van der Waals surface area (Å²) >= 11 is 0. The molecule has 0 aliphatic heterocycles. The summed E-state index contributed by atoms with van der Waals surface area (Å²) in [5.74, 6) is 0. The maximum atomic E-state index is 3.18. The van der Waals surface area contributed by atoms with Gasteiger partial charge in [0.15, 0.2) is 0 Å². The molecule has 0 spiro atoms. The molecule has 1 aromatic rings. The van der Waals surface area contributed by atoms with Crippen LogP contribution in [-0.2, 0) is 6.54 Å². The number of rotatable bonds is 8. The van der Waals surface area contributed by atoms with Crippen LogP contribution in [0, 0.1) is 0 Å². The van der Waals surface area contributed by atoms with E-state index in [9.17, 15) is 0 Å². The van der Waals surface area contributed by atoms with Gasteiger partial charge in [-0.1, -0.05) is 36.8 Å². The molecule has 90 valence electrons. The third kappa shape index (κ3) is 5.89. The third-order valence-electron chi connectivity index (χ3n) is 2.76. The Morgan fingerprint density at radius 3 is 2.50 bits per heavy atom. The van der Waals surface area contributed by atoms with Crippen LogP contribution >= 0.6 is 0 Å². The Bertz CT molecular complexity index is 259. The van der Waals surface area contributed by atoms with E-state index in [2.05, 4.69) is 47.6 Å². The van der Waals surface area contributed by atoms with E-state index < -0.39 is 0 Å². The van der Waals surface area contributed by atoms with Crippen LogP contribution < -0.4 is 5.32 Å². The van der Waals surface area contributed by atoms with Gasteiger partial charge in [0.25, 0.3) is 0 Å². The predicted octanol–water partition coefficient (Wildman–Crippen LogP) is 2.51. The lowest BCUT2D eigenvalue weighted by molar-refractivity contribution is 0.317. The van der Waals surface area contributed by atoms with Crippen LogP contribution in [0.25, 0.3) is 0 Å². The van der Waals surface area contributed by atoms with Crippen LogP contribution in [0.3, 0.4) is 0 Å². The zero-order valence-corrected chi connectivity index (χ0v) is 10.6. The van der Waals surface area contributed by atoms with Gasteiger partial charge in [-0.2, -0.15) is 0 Å². The standard InChI is InChI=1S/C14H24N2/c1-15-11-7-4-8-12-16(2)13-14-9-5-3-6-10-14/h3,5-6,9-10,15H,4,7-8,11-13H2,1-2H3. The number of unbranched alkanes of at least 4 members (excludes halogenated alkanes) is 2. The summed E-state index contributed by atoms with van der Waals surface area (Å²) in [6, 6.07) is 10.7. The van der Waals surface area contributed by atoms with E-state index in [-0.39, 0.29) is 0 Å². The molecule has 0 bridgehead atoms. The average Bonchev–Trinajstić information content (AvgIpc) is 2.30. The molecule has 0 aliphatic carbocycles. The number of nitrogens with one attached hydrogen (secondary N) is 1. The van der Waals surface area contributed by atoms with Gasteiger partial charge in [-0.05, 0) is 45.6 Å². The van der Waals surface area contributed by atoms with E-state index in [1.54, 1.807) is 0 Å². The number of nitrogens with zero attached hydrogens (tertiary/aromatic N) is 1. The number of hydrogen-bond donors (Lipinski definition) is 1. The molecule has 0 saturated carbocycles. The summed E-state index contributed by atoms with van der Waals surface area (Å²) in [4.78, 5) is 2.40. The van der Waals surface area contributed by atoms with Crippen LogP contribution in [0.4, 0.5) is 0 Å². The van der Waals surface area contributed by atoms with Crippen molar-refractivity contribution >= 4 is 0 Å². The topological polar surface area (TPSA) is 15.3 Å². The molecule has 2 nitrogen and oxygen atoms in total. The number of hydrogen-bond acceptors (Lipinski definition) is 2. The van der Waals surface area contributed by atoms with Gasteiger partial charge in [-0.15, -0.1) is 0 Å². The Morgan fingerprint density at radius 2 is 1.81 bits per heavy atom. The van der Waals surface area contributed by atoms with Gasteiger partial charge in [0, 0.05) is 6.54 Å². The molecule has 0 saturated heterocycles. The lowest BCUT2D eigenvalue weighted by Crippen LogP contribution is -2.19. The van der Waals surface area contributed by atoms with E-state index >= 15 is 0 Å². The molecule has 16 heavy (non-hydrogen) atoms. The first-order chi connectivity index (χ1) is 7.83. The highest BCUT2D eigenvalue weighted by Gasteiger charge is 1.99. The summed E-state index contributed by atoms with van der Waals surface area (Å²) in [5, 5.41) is 3.18. The van der Waals surface area contributed by atoms with Crippen molar-refractivity contribution in [2.45, 2.75) is 25.8 Å². The molecule has 0 radical (unpaired) electrons. The highest BCUT2D eigenvalue weighted by atomic mass is 15.1. The van der Waals surface area contributed by atoms with E-state index in [0.29, 0.717) is 0 Å². The minimum absolute atomic E-state index is 1.06. The zero-order chi connectivity index (χ0) is 11.6. The summed E-state index contributed by atoms with van der Waals surface area (Å²) in [6.45, 7) is 3.40. The molecule has 1 N–H and O–H groups in total. The molecule has 0 amide bonds. The molecule has 0 fully saturated rings. The van der Waals surface area contributed by atoms with Crippen molar-refractivity contribution in [2.75, 3.05) is 27.2 Å². The van der Waals surface area contributed by atoms with Gasteiger partial charge in [-0.3, -0.25) is 0 Å². The maximum Gasteiger partial charge on any atom is 0.0230 e. The quantitative estimate of drug-likeness (QED) is 0.677. The second kappa shape index (κ2) is 8.31. The summed E-state index contributed by atoms with van der Waals surface area (Å²) in [6.07, 6.45) is 3.90. The second-order valence-electron chi connectivity index (χ2n) is 4.39. The fourth-order valence-corrected chi connectivity index (χ4v) is 1.83. The fourth-order valence-electron chi connectivity index (χ4n) is 1.83. The van der Waals surface area contributed by atoms with Gasteiger partial charge >= 0.3 is 0 Å². The Labute approximate surface area is 99.7 Å². The predicted molar refractivity (Wildman–Crippen MR) is 70.6 cm³/mol. The smallest absolute Gasteiger partial charge is 0.0230 e. The Hall–Kier alpha value is -0.860. The molecule has 1 rings (SSSR count). The molecule has 0 aromatic heterocycles. The first-order valence-electron chi connectivity index (χ1n) is 6.20. The van der Waals surface area contributed by atoms with Crippen molar-refractivity contribution in [1.82, 2.24) is 10.2 Å². The summed E-state index contributed by atoms with van der Waals surface area (Å²) in [7, 11) is 4.21. The maximum absolute atomic E-state index is 3.18. The van der Waals surface area contributed by atoms with Crippen molar-refractivity contribution in [3.05, 3.63) is 35.9 Å². The van der Waals surface area contributed by atoms with E-state index in [0.717, 1.165) is 13.1 Å². The normalized spacial score (nSPS) is 10.9. The van der Waals surface area contributed by atoms with Gasteiger partial charge in [0.05, 0.1) is 0 Å². The molecular weight excluding hydrogens is 196 g/mol. The molecule has 0 unspecified atom stereocenters. The first kappa shape index (κ1) is 13.2. The number of benzene rings is 1. The van der Waals surface area contributed by atoms with E-state index in [1.807, 2.05) is 7.05 Å². The zero-order valence-electron chi connectivity index (χ0n) is 10.6. The van der Waals surface area contributed by atoms with Crippen LogP contribution in [0.2, 0.25) is 0 Å². The highest BCUT2D eigenvalue weighted by molar-refractivity contribution is 5.14. The minimum atomic E-state index is 1.06. The Morgan fingerprint density at radius 1 is 1.06 bits per heavy atom. The monoisotopic (exact) mass is 220 g/mol. The van der Waals surface area contributed by atoms with Crippen LogP contribution in [0.1, 0.15) is 24.8 Å². The second-order valence-corrected chi connectivity index (χ2v) is 4.39. The van der Waals surface area contributed by atoms with Gasteiger partial charge in [-0.25, -0.2) is 0 Å². The Kier molecular flexibility index (Phi) is 6.86. The van der Waals surface area contributed by atoms with Crippen molar-refractivity contribution in [3.8, 4) is 0 Å².